The molecule has 0 bridgehead atoms. The molecule has 3 nitrogen and oxygen atoms in total. The molecule has 3 heteroatoms. The molecule has 1 amide bonds. The Kier molecular flexibility index (Phi) is 6.75. The number of allylic oxidation sites excluding steroid dienone is 1. The summed E-state index contributed by atoms with van der Waals surface area (Å²) in [7, 11) is 0. The second-order valence-corrected chi connectivity index (χ2v) is 4.53. The Balaban J connectivity index is 2.33. The van der Waals surface area contributed by atoms with Gasteiger partial charge in [-0.1, -0.05) is 31.9 Å². The van der Waals surface area contributed by atoms with Crippen molar-refractivity contribution in [2.45, 2.75) is 58.4 Å². The number of ether oxygens (including phenoxy) is 1. The van der Waals surface area contributed by atoms with E-state index >= 15 is 0 Å². The molecule has 17 heavy (non-hydrogen) atoms. The van der Waals surface area contributed by atoms with Crippen LogP contribution in [0, 0.1) is 0 Å². The highest BCUT2D eigenvalue weighted by Crippen LogP contribution is 2.19. The van der Waals surface area contributed by atoms with Gasteiger partial charge in [0.1, 0.15) is 0 Å². The van der Waals surface area contributed by atoms with Crippen LogP contribution in [0.25, 0.3) is 0 Å². The predicted octanol–water partition coefficient (Wildman–Crippen LogP) is 3.74. The molecule has 1 saturated heterocycles. The molecule has 0 aromatic rings. The minimum absolute atomic E-state index is 0.159. The van der Waals surface area contributed by atoms with Crippen molar-refractivity contribution in [2.75, 3.05) is 13.2 Å². The molecule has 1 aliphatic rings. The van der Waals surface area contributed by atoms with Crippen molar-refractivity contribution >= 4 is 6.09 Å². The maximum atomic E-state index is 11.7. The molecule has 0 aromatic carbocycles. The molecule has 0 spiro atoms. The van der Waals surface area contributed by atoms with Crippen molar-refractivity contribution in [2.24, 2.45) is 0 Å². The number of likely N-dealkylation sites (tertiary alicyclic amines) is 1. The number of nitrogens with zero attached hydrogens (tertiary/aromatic N) is 1. The fraction of sp³-hybridized carbons (Fsp3) is 0.786. The second-order valence-electron chi connectivity index (χ2n) is 4.53. The Morgan fingerprint density at radius 3 is 2.94 bits per heavy atom. The van der Waals surface area contributed by atoms with Crippen LogP contribution >= 0.6 is 0 Å². The van der Waals surface area contributed by atoms with Gasteiger partial charge < -0.3 is 9.64 Å². The third kappa shape index (κ3) is 4.80. The quantitative estimate of drug-likeness (QED) is 0.522. The van der Waals surface area contributed by atoms with Crippen molar-refractivity contribution in [3.8, 4) is 0 Å². The summed E-state index contributed by atoms with van der Waals surface area (Å²) in [5, 5.41) is 0. The van der Waals surface area contributed by atoms with E-state index in [0.29, 0.717) is 6.61 Å². The van der Waals surface area contributed by atoms with Crippen LogP contribution in [0.5, 0.6) is 0 Å². The van der Waals surface area contributed by atoms with Crippen molar-refractivity contribution in [1.82, 2.24) is 4.90 Å². The number of carbonyl (C=O) groups excluding carboxylic acids is 1. The van der Waals surface area contributed by atoms with Crippen LogP contribution in [0.1, 0.15) is 52.4 Å². The summed E-state index contributed by atoms with van der Waals surface area (Å²) in [6, 6.07) is 0.260. The minimum atomic E-state index is -0.159. The van der Waals surface area contributed by atoms with Crippen LogP contribution in [0.3, 0.4) is 0 Å². The smallest absolute Gasteiger partial charge is 0.410 e. The van der Waals surface area contributed by atoms with E-state index < -0.39 is 0 Å². The maximum absolute atomic E-state index is 11.7. The summed E-state index contributed by atoms with van der Waals surface area (Å²) < 4.78 is 5.05. The lowest BCUT2D eigenvalue weighted by Gasteiger charge is -2.21. The monoisotopic (exact) mass is 239 g/mol. The summed E-state index contributed by atoms with van der Waals surface area (Å²) >= 11 is 0. The van der Waals surface area contributed by atoms with E-state index in [-0.39, 0.29) is 12.1 Å². The van der Waals surface area contributed by atoms with Gasteiger partial charge in [0.2, 0.25) is 0 Å². The highest BCUT2D eigenvalue weighted by Gasteiger charge is 2.27. The Morgan fingerprint density at radius 1 is 1.41 bits per heavy atom. The Morgan fingerprint density at radius 2 is 2.24 bits per heavy atom. The molecular weight excluding hydrogens is 214 g/mol. The number of amides is 1. The van der Waals surface area contributed by atoms with Crippen LogP contribution in [-0.4, -0.2) is 30.2 Å². The standard InChI is InChI=1S/C14H25NO2/c1-3-5-6-7-8-10-13-11-9-12-15(13)14(16)17-4-2/h8,10,13H,3-7,9,11-12H2,1-2H3/b10-8+. The fourth-order valence-electron chi connectivity index (χ4n) is 2.19. The predicted molar refractivity (Wildman–Crippen MR) is 70.0 cm³/mol. The maximum Gasteiger partial charge on any atom is 0.410 e. The molecule has 1 aliphatic heterocycles. The summed E-state index contributed by atoms with van der Waals surface area (Å²) in [5.74, 6) is 0. The third-order valence-electron chi connectivity index (χ3n) is 3.13. The summed E-state index contributed by atoms with van der Waals surface area (Å²) in [4.78, 5) is 13.5. The molecule has 0 N–H and O–H groups in total. The molecule has 1 rings (SSSR count). The third-order valence-corrected chi connectivity index (χ3v) is 3.13. The van der Waals surface area contributed by atoms with Gasteiger partial charge >= 0.3 is 6.09 Å². The average Bonchev–Trinajstić information content (AvgIpc) is 2.77. The zero-order valence-corrected chi connectivity index (χ0v) is 11.2. The summed E-state index contributed by atoms with van der Waals surface area (Å²) in [6.07, 6.45) is 11.3. The molecule has 98 valence electrons. The second kappa shape index (κ2) is 8.15. The lowest BCUT2D eigenvalue weighted by atomic mass is 10.1. The number of unbranched alkanes of at least 4 members (excludes halogenated alkanes) is 3. The van der Waals surface area contributed by atoms with Crippen LogP contribution < -0.4 is 0 Å². The Labute approximate surface area is 105 Å². The first-order chi connectivity index (χ1) is 8.29. The lowest BCUT2D eigenvalue weighted by Crippen LogP contribution is -2.34. The van der Waals surface area contributed by atoms with Gasteiger partial charge in [-0.15, -0.1) is 0 Å². The van der Waals surface area contributed by atoms with E-state index in [1.54, 1.807) is 0 Å². The fourth-order valence-corrected chi connectivity index (χ4v) is 2.19. The van der Waals surface area contributed by atoms with E-state index in [2.05, 4.69) is 19.1 Å². The zero-order chi connectivity index (χ0) is 12.5. The number of hydrogen-bond acceptors (Lipinski definition) is 2. The zero-order valence-electron chi connectivity index (χ0n) is 11.2. The van der Waals surface area contributed by atoms with Crippen LogP contribution in [-0.2, 0) is 4.74 Å². The van der Waals surface area contributed by atoms with E-state index in [4.69, 9.17) is 4.74 Å². The topological polar surface area (TPSA) is 29.5 Å². The van der Waals surface area contributed by atoms with Gasteiger partial charge in [0.25, 0.3) is 0 Å². The van der Waals surface area contributed by atoms with E-state index in [1.807, 2.05) is 11.8 Å². The highest BCUT2D eigenvalue weighted by atomic mass is 16.6. The summed E-state index contributed by atoms with van der Waals surface area (Å²) in [5.41, 5.74) is 0. The van der Waals surface area contributed by atoms with Gasteiger partial charge in [-0.25, -0.2) is 4.79 Å². The van der Waals surface area contributed by atoms with Gasteiger partial charge in [-0.3, -0.25) is 0 Å². The molecule has 0 aromatic heterocycles. The lowest BCUT2D eigenvalue weighted by molar-refractivity contribution is 0.108. The molecule has 0 radical (unpaired) electrons. The van der Waals surface area contributed by atoms with Crippen LogP contribution in [0.4, 0.5) is 4.79 Å². The number of carbonyl (C=O) groups is 1. The molecule has 1 unspecified atom stereocenters. The summed E-state index contributed by atoms with van der Waals surface area (Å²) in [6.45, 7) is 5.36. The largest absolute Gasteiger partial charge is 0.450 e. The molecular formula is C14H25NO2. The van der Waals surface area contributed by atoms with E-state index in [1.165, 1.54) is 19.3 Å². The molecule has 1 fully saturated rings. The van der Waals surface area contributed by atoms with Gasteiger partial charge in [0, 0.05) is 6.54 Å². The highest BCUT2D eigenvalue weighted by molar-refractivity contribution is 5.68. The first kappa shape index (κ1) is 14.1. The Bertz CT molecular complexity index is 251. The molecule has 0 saturated carbocycles. The molecule has 1 atom stereocenters. The molecule has 0 aliphatic carbocycles. The average molecular weight is 239 g/mol. The SMILES string of the molecule is CCCCC/C=C/C1CCCN1C(=O)OCC. The van der Waals surface area contributed by atoms with Crippen molar-refractivity contribution in [3.05, 3.63) is 12.2 Å². The van der Waals surface area contributed by atoms with Crippen molar-refractivity contribution in [3.63, 3.8) is 0 Å². The van der Waals surface area contributed by atoms with Crippen LogP contribution in [0.15, 0.2) is 12.2 Å². The molecule has 1 heterocycles. The van der Waals surface area contributed by atoms with E-state index in [9.17, 15) is 4.79 Å². The number of hydrogen-bond donors (Lipinski definition) is 0. The van der Waals surface area contributed by atoms with Crippen molar-refractivity contribution in [1.29, 1.82) is 0 Å². The van der Waals surface area contributed by atoms with Crippen LogP contribution in [0.2, 0.25) is 0 Å². The normalized spacial score (nSPS) is 20.1. The minimum Gasteiger partial charge on any atom is -0.450 e. The number of rotatable bonds is 6. The van der Waals surface area contributed by atoms with Crippen molar-refractivity contribution < 1.29 is 9.53 Å². The first-order valence-corrected chi connectivity index (χ1v) is 6.89. The van der Waals surface area contributed by atoms with Gasteiger partial charge in [-0.2, -0.15) is 0 Å². The van der Waals surface area contributed by atoms with E-state index in [0.717, 1.165) is 25.8 Å². The van der Waals surface area contributed by atoms with Gasteiger partial charge in [-0.05, 0) is 32.6 Å². The van der Waals surface area contributed by atoms with Gasteiger partial charge in [0.05, 0.1) is 12.6 Å². The first-order valence-electron chi connectivity index (χ1n) is 6.89. The Hall–Kier alpha value is -0.990. The van der Waals surface area contributed by atoms with Gasteiger partial charge in [0.15, 0.2) is 0 Å².